The Bertz CT molecular complexity index is 613. The van der Waals surface area contributed by atoms with Gasteiger partial charge in [-0.2, -0.15) is 0 Å². The lowest BCUT2D eigenvalue weighted by Gasteiger charge is -2.19. The van der Waals surface area contributed by atoms with Gasteiger partial charge in [0, 0.05) is 18.3 Å². The molecule has 3 nitrogen and oxygen atoms in total. The number of hydrogen-bond acceptors (Lipinski definition) is 2. The van der Waals surface area contributed by atoms with Gasteiger partial charge in [-0.3, -0.25) is 0 Å². The third-order valence-corrected chi connectivity index (χ3v) is 4.27. The van der Waals surface area contributed by atoms with Crippen molar-refractivity contribution in [3.63, 3.8) is 0 Å². The lowest BCUT2D eigenvalue weighted by atomic mass is 10.0. The molecule has 1 aliphatic rings. The summed E-state index contributed by atoms with van der Waals surface area (Å²) in [6, 6.07) is 8.54. The van der Waals surface area contributed by atoms with E-state index in [9.17, 15) is 0 Å². The molecular formula is C17H23N3. The second-order valence-corrected chi connectivity index (χ2v) is 5.89. The maximum absolute atomic E-state index is 6.41. The molecule has 0 aliphatic heterocycles. The second-order valence-electron chi connectivity index (χ2n) is 5.89. The first-order chi connectivity index (χ1) is 9.65. The van der Waals surface area contributed by atoms with Crippen LogP contribution >= 0.6 is 0 Å². The van der Waals surface area contributed by atoms with Gasteiger partial charge < -0.3 is 10.3 Å². The molecule has 3 heteroatoms. The lowest BCUT2D eigenvalue weighted by Crippen LogP contribution is -2.20. The highest BCUT2D eigenvalue weighted by molar-refractivity contribution is 5.26. The molecule has 0 saturated heterocycles. The topological polar surface area (TPSA) is 43.8 Å². The summed E-state index contributed by atoms with van der Waals surface area (Å²) in [6.07, 6.45) is 4.82. The minimum absolute atomic E-state index is 0.0360. The van der Waals surface area contributed by atoms with Crippen LogP contribution in [0, 0.1) is 13.8 Å². The van der Waals surface area contributed by atoms with Crippen molar-refractivity contribution in [3.05, 3.63) is 52.6 Å². The number of imidazole rings is 1. The number of nitrogens with two attached hydrogens (primary N) is 1. The van der Waals surface area contributed by atoms with E-state index in [0.29, 0.717) is 0 Å². The standard InChI is InChI=1S/C17H23N3/c1-12-6-5-7-14(10-12)15(18)11-20-13(2)19-16-8-3-4-9-17(16)20/h5-7,10,15H,3-4,8-9,11,18H2,1-2H3. The van der Waals surface area contributed by atoms with E-state index in [1.54, 1.807) is 0 Å². The number of aryl methyl sites for hydroxylation is 3. The van der Waals surface area contributed by atoms with Crippen molar-refractivity contribution in [2.45, 2.75) is 52.1 Å². The Labute approximate surface area is 120 Å². The van der Waals surface area contributed by atoms with Crippen LogP contribution in [0.5, 0.6) is 0 Å². The summed E-state index contributed by atoms with van der Waals surface area (Å²) in [7, 11) is 0. The molecule has 0 spiro atoms. The summed E-state index contributed by atoms with van der Waals surface area (Å²) in [5, 5.41) is 0. The normalized spacial score (nSPS) is 15.9. The minimum atomic E-state index is 0.0360. The first-order valence-electron chi connectivity index (χ1n) is 7.52. The SMILES string of the molecule is Cc1cccc(C(N)Cn2c(C)nc3c2CCCC3)c1. The predicted octanol–water partition coefficient (Wildman–Crippen LogP) is 3.08. The molecule has 0 fully saturated rings. The Morgan fingerprint density at radius 1 is 1.25 bits per heavy atom. The molecule has 1 unspecified atom stereocenters. The van der Waals surface area contributed by atoms with Gasteiger partial charge in [-0.05, 0) is 45.1 Å². The van der Waals surface area contributed by atoms with Gasteiger partial charge in [-0.15, -0.1) is 0 Å². The first kappa shape index (κ1) is 13.4. The number of fused-ring (bicyclic) bond motifs is 1. The molecule has 1 heterocycles. The molecule has 1 atom stereocenters. The van der Waals surface area contributed by atoms with E-state index in [4.69, 9.17) is 10.7 Å². The fourth-order valence-corrected chi connectivity index (χ4v) is 3.18. The predicted molar refractivity (Wildman–Crippen MR) is 81.7 cm³/mol. The highest BCUT2D eigenvalue weighted by atomic mass is 15.1. The molecule has 0 radical (unpaired) electrons. The average Bonchev–Trinajstić information content (AvgIpc) is 2.75. The smallest absolute Gasteiger partial charge is 0.106 e. The summed E-state index contributed by atoms with van der Waals surface area (Å²) in [4.78, 5) is 4.72. The summed E-state index contributed by atoms with van der Waals surface area (Å²) in [5.74, 6) is 1.11. The average molecular weight is 269 g/mol. The number of aromatic nitrogens is 2. The largest absolute Gasteiger partial charge is 0.330 e. The van der Waals surface area contributed by atoms with E-state index in [2.05, 4.69) is 42.7 Å². The van der Waals surface area contributed by atoms with Crippen molar-refractivity contribution >= 4 is 0 Å². The van der Waals surface area contributed by atoms with Crippen molar-refractivity contribution < 1.29 is 0 Å². The van der Waals surface area contributed by atoms with Gasteiger partial charge in [0.25, 0.3) is 0 Å². The Balaban J connectivity index is 1.86. The fourth-order valence-electron chi connectivity index (χ4n) is 3.18. The number of hydrogen-bond donors (Lipinski definition) is 1. The summed E-state index contributed by atoms with van der Waals surface area (Å²) in [5.41, 5.74) is 11.6. The molecule has 2 aromatic rings. The lowest BCUT2D eigenvalue weighted by molar-refractivity contribution is 0.532. The zero-order chi connectivity index (χ0) is 14.1. The Morgan fingerprint density at radius 2 is 2.05 bits per heavy atom. The molecule has 1 aromatic heterocycles. The van der Waals surface area contributed by atoms with Crippen molar-refractivity contribution in [1.29, 1.82) is 0 Å². The van der Waals surface area contributed by atoms with Crippen molar-refractivity contribution in [1.82, 2.24) is 9.55 Å². The van der Waals surface area contributed by atoms with Crippen LogP contribution in [0.2, 0.25) is 0 Å². The molecule has 0 amide bonds. The van der Waals surface area contributed by atoms with E-state index in [0.717, 1.165) is 25.2 Å². The summed E-state index contributed by atoms with van der Waals surface area (Å²) < 4.78 is 2.33. The maximum atomic E-state index is 6.41. The molecule has 3 rings (SSSR count). The fraction of sp³-hybridized carbons (Fsp3) is 0.471. The second kappa shape index (κ2) is 5.41. The quantitative estimate of drug-likeness (QED) is 0.930. The van der Waals surface area contributed by atoms with Gasteiger partial charge in [0.2, 0.25) is 0 Å². The number of nitrogens with zero attached hydrogens (tertiary/aromatic N) is 2. The van der Waals surface area contributed by atoms with Crippen LogP contribution in [0.25, 0.3) is 0 Å². The van der Waals surface area contributed by atoms with Gasteiger partial charge in [0.05, 0.1) is 5.69 Å². The Kier molecular flexibility index (Phi) is 3.62. The van der Waals surface area contributed by atoms with Crippen LogP contribution < -0.4 is 5.73 Å². The number of rotatable bonds is 3. The zero-order valence-electron chi connectivity index (χ0n) is 12.4. The van der Waals surface area contributed by atoms with E-state index >= 15 is 0 Å². The van der Waals surface area contributed by atoms with Crippen LogP contribution in [0.4, 0.5) is 0 Å². The van der Waals surface area contributed by atoms with Crippen LogP contribution in [0.15, 0.2) is 24.3 Å². The van der Waals surface area contributed by atoms with Crippen LogP contribution in [0.3, 0.4) is 0 Å². The van der Waals surface area contributed by atoms with Crippen LogP contribution in [-0.2, 0) is 19.4 Å². The molecule has 20 heavy (non-hydrogen) atoms. The van der Waals surface area contributed by atoms with Crippen molar-refractivity contribution in [2.24, 2.45) is 5.73 Å². The van der Waals surface area contributed by atoms with Gasteiger partial charge in [-0.1, -0.05) is 29.8 Å². The third-order valence-electron chi connectivity index (χ3n) is 4.27. The maximum Gasteiger partial charge on any atom is 0.106 e. The van der Waals surface area contributed by atoms with Crippen molar-refractivity contribution in [2.75, 3.05) is 0 Å². The molecule has 1 aromatic carbocycles. The number of benzene rings is 1. The van der Waals surface area contributed by atoms with Gasteiger partial charge >= 0.3 is 0 Å². The Morgan fingerprint density at radius 3 is 2.85 bits per heavy atom. The van der Waals surface area contributed by atoms with E-state index < -0.39 is 0 Å². The van der Waals surface area contributed by atoms with E-state index in [-0.39, 0.29) is 6.04 Å². The monoisotopic (exact) mass is 269 g/mol. The Hall–Kier alpha value is -1.61. The highest BCUT2D eigenvalue weighted by Gasteiger charge is 2.19. The zero-order valence-corrected chi connectivity index (χ0v) is 12.4. The molecule has 0 bridgehead atoms. The van der Waals surface area contributed by atoms with Gasteiger partial charge in [0.15, 0.2) is 0 Å². The molecule has 0 saturated carbocycles. The molecular weight excluding hydrogens is 246 g/mol. The minimum Gasteiger partial charge on any atom is -0.330 e. The highest BCUT2D eigenvalue weighted by Crippen LogP contribution is 2.24. The van der Waals surface area contributed by atoms with E-state index in [1.165, 1.54) is 35.4 Å². The molecule has 106 valence electrons. The van der Waals surface area contributed by atoms with Gasteiger partial charge in [0.1, 0.15) is 5.82 Å². The van der Waals surface area contributed by atoms with E-state index in [1.807, 2.05) is 0 Å². The molecule has 2 N–H and O–H groups in total. The molecule has 1 aliphatic carbocycles. The van der Waals surface area contributed by atoms with Gasteiger partial charge in [-0.25, -0.2) is 4.98 Å². The van der Waals surface area contributed by atoms with Crippen molar-refractivity contribution in [3.8, 4) is 0 Å². The summed E-state index contributed by atoms with van der Waals surface area (Å²) >= 11 is 0. The first-order valence-corrected chi connectivity index (χ1v) is 7.52. The third kappa shape index (κ3) is 2.50. The van der Waals surface area contributed by atoms with Crippen LogP contribution in [-0.4, -0.2) is 9.55 Å². The van der Waals surface area contributed by atoms with Crippen LogP contribution in [0.1, 0.15) is 47.2 Å². The summed E-state index contributed by atoms with van der Waals surface area (Å²) in [6.45, 7) is 5.04.